The molecule has 1 rings (SSSR count). The fourth-order valence-corrected chi connectivity index (χ4v) is 1.17. The van der Waals surface area contributed by atoms with Gasteiger partial charge in [0.05, 0.1) is 16.8 Å². The fraction of sp³-hybridized carbons (Fsp3) is 0. The minimum atomic E-state index is 0.592. The number of hydrogen-bond acceptors (Lipinski definition) is 3. The molecule has 0 saturated carbocycles. The molecule has 0 aliphatic rings. The first-order valence-electron chi connectivity index (χ1n) is 2.77. The third-order valence-corrected chi connectivity index (χ3v) is 2.10. The Bertz CT molecular complexity index is 229. The van der Waals surface area contributed by atoms with Gasteiger partial charge in [0.25, 0.3) is 0 Å². The molecule has 1 aromatic rings. The Morgan fingerprint density at radius 1 is 1.27 bits per heavy atom. The van der Waals surface area contributed by atoms with E-state index in [1.165, 1.54) is 0 Å². The number of halogens is 2. The highest BCUT2D eigenvalue weighted by Gasteiger charge is 2.00. The normalized spacial score (nSPS) is 9.73. The third-order valence-electron chi connectivity index (χ3n) is 1.11. The highest BCUT2D eigenvalue weighted by atomic mass is 35.7. The van der Waals surface area contributed by atoms with Gasteiger partial charge in [0, 0.05) is 5.02 Å². The van der Waals surface area contributed by atoms with Crippen molar-refractivity contribution in [3.63, 3.8) is 0 Å². The molecule has 0 aliphatic carbocycles. The summed E-state index contributed by atoms with van der Waals surface area (Å²) in [6.07, 6.45) is 0. The zero-order chi connectivity index (χ0) is 8.27. The molecule has 0 fully saturated rings. The number of nitrogens with zero attached hydrogens (tertiary/aromatic N) is 1. The van der Waals surface area contributed by atoms with Crippen LogP contribution in [0.5, 0.6) is 0 Å². The van der Waals surface area contributed by atoms with Gasteiger partial charge in [-0.05, 0) is 34.9 Å². The molecule has 60 valence electrons. The van der Waals surface area contributed by atoms with Crippen LogP contribution in [-0.2, 0) is 0 Å². The van der Waals surface area contributed by atoms with Crippen molar-refractivity contribution in [1.29, 1.82) is 0 Å². The first kappa shape index (κ1) is 9.00. The minimum absolute atomic E-state index is 0.592. The third kappa shape index (κ3) is 2.45. The number of benzene rings is 1. The van der Waals surface area contributed by atoms with Crippen molar-refractivity contribution in [2.45, 2.75) is 0 Å². The van der Waals surface area contributed by atoms with E-state index in [1.807, 2.05) is 0 Å². The number of rotatable bonds is 2. The summed E-state index contributed by atoms with van der Waals surface area (Å²) in [5.74, 6) is 0. The van der Waals surface area contributed by atoms with Crippen LogP contribution >= 0.6 is 33.4 Å². The molecule has 1 aromatic carbocycles. The van der Waals surface area contributed by atoms with E-state index in [2.05, 4.69) is 0 Å². The van der Waals surface area contributed by atoms with Gasteiger partial charge in [-0.15, -0.1) is 0 Å². The minimum Gasteiger partial charge on any atom is -0.277 e. The molecule has 0 saturated heterocycles. The lowest BCUT2D eigenvalue weighted by Gasteiger charge is -2.09. The smallest absolute Gasteiger partial charge is 0.0882 e. The summed E-state index contributed by atoms with van der Waals surface area (Å²) in [7, 11) is 5.29. The predicted molar refractivity (Wildman–Crippen MR) is 49.2 cm³/mol. The standard InChI is InChI=1S/C6H5Cl2NOS/c7-5-1-3-6(4-2-5)9(10)11-8/h1-4,10H. The largest absolute Gasteiger partial charge is 0.277 e. The zero-order valence-electron chi connectivity index (χ0n) is 5.37. The highest BCUT2D eigenvalue weighted by Crippen LogP contribution is 2.23. The van der Waals surface area contributed by atoms with Crippen LogP contribution in [0.1, 0.15) is 0 Å². The van der Waals surface area contributed by atoms with Crippen molar-refractivity contribution in [2.75, 3.05) is 4.47 Å². The van der Waals surface area contributed by atoms with E-state index in [9.17, 15) is 0 Å². The first-order chi connectivity index (χ1) is 5.24. The van der Waals surface area contributed by atoms with Crippen molar-refractivity contribution in [2.24, 2.45) is 0 Å². The second-order valence-corrected chi connectivity index (χ2v) is 3.15. The lowest BCUT2D eigenvalue weighted by molar-refractivity contribution is 0.333. The van der Waals surface area contributed by atoms with Crippen molar-refractivity contribution in [1.82, 2.24) is 0 Å². The van der Waals surface area contributed by atoms with Gasteiger partial charge in [0.2, 0.25) is 0 Å². The SMILES string of the molecule is ON(SCl)c1ccc(Cl)cc1. The van der Waals surface area contributed by atoms with Crippen LogP contribution in [0.15, 0.2) is 24.3 Å². The summed E-state index contributed by atoms with van der Waals surface area (Å²) < 4.78 is 0.845. The van der Waals surface area contributed by atoms with Gasteiger partial charge >= 0.3 is 0 Å². The maximum Gasteiger partial charge on any atom is 0.0882 e. The molecule has 0 bridgehead atoms. The second kappa shape index (κ2) is 4.07. The van der Waals surface area contributed by atoms with Crippen LogP contribution in [0.25, 0.3) is 0 Å². The molecule has 11 heavy (non-hydrogen) atoms. The quantitative estimate of drug-likeness (QED) is 0.598. The number of hydrogen-bond donors (Lipinski definition) is 1. The van der Waals surface area contributed by atoms with E-state index in [0.717, 1.165) is 4.47 Å². The average Bonchev–Trinajstić information content (AvgIpc) is 2.05. The van der Waals surface area contributed by atoms with Gasteiger partial charge in [-0.1, -0.05) is 11.6 Å². The van der Waals surface area contributed by atoms with Crippen LogP contribution in [0.3, 0.4) is 0 Å². The molecular formula is C6H5Cl2NOS. The van der Waals surface area contributed by atoms with Crippen LogP contribution in [0.2, 0.25) is 5.02 Å². The van der Waals surface area contributed by atoms with E-state index in [0.29, 0.717) is 21.9 Å². The zero-order valence-corrected chi connectivity index (χ0v) is 7.70. The first-order valence-corrected chi connectivity index (χ1v) is 4.75. The molecule has 0 amide bonds. The summed E-state index contributed by atoms with van der Waals surface area (Å²) in [5.41, 5.74) is 0.592. The van der Waals surface area contributed by atoms with Gasteiger partial charge < -0.3 is 0 Å². The van der Waals surface area contributed by atoms with E-state index in [-0.39, 0.29) is 0 Å². The summed E-state index contributed by atoms with van der Waals surface area (Å²) in [4.78, 5) is 0. The molecule has 0 radical (unpaired) electrons. The van der Waals surface area contributed by atoms with Gasteiger partial charge in [-0.2, -0.15) is 4.47 Å². The Labute approximate surface area is 78.3 Å². The van der Waals surface area contributed by atoms with Crippen molar-refractivity contribution in [3.05, 3.63) is 29.3 Å². The van der Waals surface area contributed by atoms with Crippen LogP contribution in [0.4, 0.5) is 5.69 Å². The molecule has 0 aliphatic heterocycles. The molecule has 0 spiro atoms. The fourth-order valence-electron chi connectivity index (χ4n) is 0.608. The summed E-state index contributed by atoms with van der Waals surface area (Å²) >= 11 is 6.32. The lowest BCUT2D eigenvalue weighted by atomic mass is 10.3. The maximum atomic E-state index is 9.04. The Hall–Kier alpha value is -0.0900. The second-order valence-electron chi connectivity index (χ2n) is 1.82. The average molecular weight is 210 g/mol. The van der Waals surface area contributed by atoms with E-state index in [4.69, 9.17) is 27.5 Å². The number of anilines is 1. The summed E-state index contributed by atoms with van der Waals surface area (Å²) in [6, 6.07) is 6.68. The van der Waals surface area contributed by atoms with Gasteiger partial charge in [-0.25, -0.2) is 0 Å². The molecular weight excluding hydrogens is 205 g/mol. The van der Waals surface area contributed by atoms with Gasteiger partial charge in [-0.3, -0.25) is 5.21 Å². The van der Waals surface area contributed by atoms with Crippen molar-refractivity contribution < 1.29 is 5.21 Å². The van der Waals surface area contributed by atoms with Crippen molar-refractivity contribution in [3.8, 4) is 0 Å². The van der Waals surface area contributed by atoms with E-state index < -0.39 is 0 Å². The Morgan fingerprint density at radius 2 is 1.82 bits per heavy atom. The topological polar surface area (TPSA) is 23.5 Å². The Morgan fingerprint density at radius 3 is 2.27 bits per heavy atom. The molecule has 0 aromatic heterocycles. The molecule has 1 N–H and O–H groups in total. The summed E-state index contributed by atoms with van der Waals surface area (Å²) in [5, 5.41) is 9.67. The van der Waals surface area contributed by atoms with Crippen LogP contribution in [-0.4, -0.2) is 5.21 Å². The predicted octanol–water partition coefficient (Wildman–Crippen LogP) is 3.34. The van der Waals surface area contributed by atoms with E-state index >= 15 is 0 Å². The van der Waals surface area contributed by atoms with Gasteiger partial charge in [0.1, 0.15) is 0 Å². The van der Waals surface area contributed by atoms with E-state index in [1.54, 1.807) is 24.3 Å². The monoisotopic (exact) mass is 209 g/mol. The molecule has 2 nitrogen and oxygen atoms in total. The van der Waals surface area contributed by atoms with Crippen LogP contribution in [0, 0.1) is 0 Å². The molecule has 0 heterocycles. The Balaban J connectivity index is 2.81. The molecule has 0 unspecified atom stereocenters. The van der Waals surface area contributed by atoms with Gasteiger partial charge in [0.15, 0.2) is 0 Å². The van der Waals surface area contributed by atoms with Crippen molar-refractivity contribution >= 4 is 39.1 Å². The highest BCUT2D eigenvalue weighted by molar-refractivity contribution is 8.21. The Kier molecular flexibility index (Phi) is 3.33. The summed E-state index contributed by atoms with van der Waals surface area (Å²) in [6.45, 7) is 0. The lowest BCUT2D eigenvalue weighted by Crippen LogP contribution is -2.03. The molecule has 0 atom stereocenters. The maximum absolute atomic E-state index is 9.04. The molecule has 5 heteroatoms. The van der Waals surface area contributed by atoms with Crippen LogP contribution < -0.4 is 4.47 Å².